The third kappa shape index (κ3) is 6.48. The van der Waals surface area contributed by atoms with E-state index in [1.807, 2.05) is 37.3 Å². The summed E-state index contributed by atoms with van der Waals surface area (Å²) in [6, 6.07) is 18.6. The molecule has 224 valence electrons. The van der Waals surface area contributed by atoms with E-state index in [0.29, 0.717) is 45.8 Å². The Bertz CT molecular complexity index is 1510. The molecule has 2 aliphatic heterocycles. The number of benzene rings is 3. The zero-order valence-corrected chi connectivity index (χ0v) is 25.4. The maximum absolute atomic E-state index is 14.5. The van der Waals surface area contributed by atoms with Gasteiger partial charge in [0.25, 0.3) is 0 Å². The molecule has 3 aromatic rings. The molecule has 5 rings (SSSR count). The number of methoxy groups -OCH3 is 1. The molecule has 0 spiro atoms. The van der Waals surface area contributed by atoms with Crippen LogP contribution in [0, 0.1) is 0 Å². The molecule has 43 heavy (non-hydrogen) atoms. The molecule has 3 aromatic carbocycles. The van der Waals surface area contributed by atoms with E-state index in [2.05, 4.69) is 0 Å². The topological polar surface area (TPSA) is 91.8 Å². The van der Waals surface area contributed by atoms with Gasteiger partial charge in [0.2, 0.25) is 5.91 Å². The number of carbonyl (C=O) groups is 3. The number of ether oxygens (including phenoxy) is 2. The van der Waals surface area contributed by atoms with E-state index < -0.39 is 12.1 Å². The minimum atomic E-state index is -0.579. The largest absolute Gasteiger partial charge is 0.497 e. The zero-order chi connectivity index (χ0) is 30.5. The van der Waals surface area contributed by atoms with Crippen LogP contribution in [0.4, 0.5) is 4.79 Å². The molecule has 0 unspecified atom stereocenters. The van der Waals surface area contributed by atoms with Gasteiger partial charge in [-0.05, 0) is 53.9 Å². The lowest BCUT2D eigenvalue weighted by Crippen LogP contribution is -2.56. The van der Waals surface area contributed by atoms with Crippen LogP contribution in [0.2, 0.25) is 10.0 Å². The van der Waals surface area contributed by atoms with Crippen molar-refractivity contribution < 1.29 is 23.9 Å². The molecule has 0 bridgehead atoms. The minimum Gasteiger partial charge on any atom is -0.497 e. The molecule has 0 aliphatic carbocycles. The molecule has 2 aliphatic rings. The number of rotatable bonds is 9. The fourth-order valence-corrected chi connectivity index (χ4v) is 5.56. The standard InChI is InChI=1S/C32H32Cl2N4O5/c1-3-18-43-27-19-25(42-2)12-13-26(27)31-35-29(21-4-8-23(33)9-5-21)30(22-6-10-24(34)11-7-22)38(31)32(41)37-15-14-36(16-17-39)28(40)20-37/h4-13,17,19,29-30H,3,14-16,18,20H2,1-2H3/t29-,30+/m1/s1. The number of amides is 3. The molecule has 0 aromatic heterocycles. The molecule has 0 radical (unpaired) electrons. The number of nitrogens with zero attached hydrogens (tertiary/aromatic N) is 4. The summed E-state index contributed by atoms with van der Waals surface area (Å²) in [5.74, 6) is 1.24. The summed E-state index contributed by atoms with van der Waals surface area (Å²) in [5.41, 5.74) is 2.28. The van der Waals surface area contributed by atoms with E-state index in [-0.39, 0.29) is 38.1 Å². The highest BCUT2D eigenvalue weighted by Gasteiger charge is 2.45. The lowest BCUT2D eigenvalue weighted by atomic mass is 9.93. The highest BCUT2D eigenvalue weighted by molar-refractivity contribution is 6.30. The fourth-order valence-electron chi connectivity index (χ4n) is 5.31. The van der Waals surface area contributed by atoms with Crippen molar-refractivity contribution in [2.45, 2.75) is 25.4 Å². The third-order valence-electron chi connectivity index (χ3n) is 7.47. The molecule has 0 saturated carbocycles. The Morgan fingerprint density at radius 1 is 1.00 bits per heavy atom. The summed E-state index contributed by atoms with van der Waals surface area (Å²) < 4.78 is 11.6. The highest BCUT2D eigenvalue weighted by atomic mass is 35.5. The van der Waals surface area contributed by atoms with E-state index in [4.69, 9.17) is 37.7 Å². The van der Waals surface area contributed by atoms with Crippen LogP contribution < -0.4 is 9.47 Å². The van der Waals surface area contributed by atoms with Gasteiger partial charge < -0.3 is 24.1 Å². The van der Waals surface area contributed by atoms with Crippen molar-refractivity contribution >= 4 is 47.3 Å². The Morgan fingerprint density at radius 2 is 1.67 bits per heavy atom. The monoisotopic (exact) mass is 622 g/mol. The second kappa shape index (κ2) is 13.5. The summed E-state index contributed by atoms with van der Waals surface area (Å²) >= 11 is 12.5. The maximum atomic E-state index is 14.5. The number of halogens is 2. The van der Waals surface area contributed by atoms with Crippen molar-refractivity contribution in [2.75, 3.05) is 39.9 Å². The predicted octanol–water partition coefficient (Wildman–Crippen LogP) is 5.80. The Morgan fingerprint density at radius 3 is 2.28 bits per heavy atom. The smallest absolute Gasteiger partial charge is 0.326 e. The number of aliphatic imine (C=N–C) groups is 1. The van der Waals surface area contributed by atoms with Crippen LogP contribution in [-0.4, -0.2) is 78.7 Å². The number of urea groups is 1. The molecule has 2 atom stereocenters. The third-order valence-corrected chi connectivity index (χ3v) is 7.98. The van der Waals surface area contributed by atoms with Crippen molar-refractivity contribution in [2.24, 2.45) is 4.99 Å². The van der Waals surface area contributed by atoms with Crippen LogP contribution in [0.5, 0.6) is 11.5 Å². The second-order valence-corrected chi connectivity index (χ2v) is 11.1. The van der Waals surface area contributed by atoms with Crippen molar-refractivity contribution in [3.63, 3.8) is 0 Å². The molecular weight excluding hydrogens is 591 g/mol. The number of hydrogen-bond donors (Lipinski definition) is 0. The minimum absolute atomic E-state index is 0.00664. The fraction of sp³-hybridized carbons (Fsp3) is 0.312. The normalized spacial score (nSPS) is 18.5. The number of carbonyl (C=O) groups excluding carboxylic acids is 3. The van der Waals surface area contributed by atoms with Crippen LogP contribution in [0.25, 0.3) is 0 Å². The quantitative estimate of drug-likeness (QED) is 0.281. The molecular formula is C32H32Cl2N4O5. The van der Waals surface area contributed by atoms with Gasteiger partial charge in [0.15, 0.2) is 0 Å². The van der Waals surface area contributed by atoms with Crippen LogP contribution >= 0.6 is 23.2 Å². The van der Waals surface area contributed by atoms with Crippen molar-refractivity contribution in [3.05, 3.63) is 93.5 Å². The van der Waals surface area contributed by atoms with Crippen LogP contribution in [0.3, 0.4) is 0 Å². The highest BCUT2D eigenvalue weighted by Crippen LogP contribution is 2.45. The van der Waals surface area contributed by atoms with E-state index in [0.717, 1.165) is 17.5 Å². The van der Waals surface area contributed by atoms with E-state index in [1.165, 1.54) is 9.80 Å². The molecule has 1 saturated heterocycles. The van der Waals surface area contributed by atoms with Gasteiger partial charge in [-0.25, -0.2) is 4.79 Å². The first-order valence-corrected chi connectivity index (χ1v) is 14.8. The van der Waals surface area contributed by atoms with Crippen molar-refractivity contribution in [3.8, 4) is 11.5 Å². The maximum Gasteiger partial charge on any atom is 0.326 e. The van der Waals surface area contributed by atoms with Gasteiger partial charge in [-0.1, -0.05) is 54.4 Å². The first kappa shape index (κ1) is 30.4. The van der Waals surface area contributed by atoms with Gasteiger partial charge >= 0.3 is 6.03 Å². The average Bonchev–Trinajstić information content (AvgIpc) is 3.41. The Labute approximate surface area is 260 Å². The summed E-state index contributed by atoms with van der Waals surface area (Å²) in [4.78, 5) is 48.3. The summed E-state index contributed by atoms with van der Waals surface area (Å²) in [6.07, 6.45) is 1.47. The summed E-state index contributed by atoms with van der Waals surface area (Å²) in [7, 11) is 1.58. The molecule has 2 heterocycles. The number of aldehydes is 1. The van der Waals surface area contributed by atoms with E-state index >= 15 is 0 Å². The zero-order valence-electron chi connectivity index (χ0n) is 23.9. The van der Waals surface area contributed by atoms with Gasteiger partial charge in [-0.2, -0.15) is 0 Å². The van der Waals surface area contributed by atoms with Crippen LogP contribution in [-0.2, 0) is 9.59 Å². The molecule has 3 amide bonds. The van der Waals surface area contributed by atoms with Gasteiger partial charge in [0.1, 0.15) is 36.2 Å². The van der Waals surface area contributed by atoms with Gasteiger partial charge in [0, 0.05) is 29.2 Å². The van der Waals surface area contributed by atoms with Gasteiger partial charge in [0.05, 0.1) is 31.9 Å². The summed E-state index contributed by atoms with van der Waals surface area (Å²) in [5, 5.41) is 1.14. The van der Waals surface area contributed by atoms with Crippen molar-refractivity contribution in [1.82, 2.24) is 14.7 Å². The lowest BCUT2D eigenvalue weighted by molar-refractivity contribution is -0.136. The Hall–Kier alpha value is -4.08. The molecule has 11 heteroatoms. The second-order valence-electron chi connectivity index (χ2n) is 10.2. The van der Waals surface area contributed by atoms with Gasteiger partial charge in [-0.3, -0.25) is 14.7 Å². The first-order chi connectivity index (χ1) is 20.8. The summed E-state index contributed by atoms with van der Waals surface area (Å²) in [6.45, 7) is 2.82. The molecule has 9 nitrogen and oxygen atoms in total. The van der Waals surface area contributed by atoms with E-state index in [1.54, 1.807) is 48.4 Å². The number of amidine groups is 1. The Balaban J connectivity index is 1.66. The van der Waals surface area contributed by atoms with Crippen LogP contribution in [0.15, 0.2) is 71.7 Å². The number of hydrogen-bond acceptors (Lipinski definition) is 6. The van der Waals surface area contributed by atoms with E-state index in [9.17, 15) is 14.4 Å². The predicted molar refractivity (Wildman–Crippen MR) is 165 cm³/mol. The van der Waals surface area contributed by atoms with Crippen molar-refractivity contribution in [1.29, 1.82) is 0 Å². The molecule has 1 fully saturated rings. The first-order valence-electron chi connectivity index (χ1n) is 14.0. The van der Waals surface area contributed by atoms with Gasteiger partial charge in [-0.15, -0.1) is 0 Å². The Kier molecular flexibility index (Phi) is 9.52. The lowest BCUT2D eigenvalue weighted by Gasteiger charge is -2.38. The average molecular weight is 624 g/mol. The van der Waals surface area contributed by atoms with Crippen LogP contribution in [0.1, 0.15) is 42.1 Å². The SMILES string of the molecule is CCCOc1cc(OC)ccc1C1=N[C@H](c2ccc(Cl)cc2)[C@H](c2ccc(Cl)cc2)N1C(=O)N1CCN(CC=O)C(=O)C1. The molecule has 0 N–H and O–H groups in total. The number of piperazine rings is 1.